The first-order valence-electron chi connectivity index (χ1n) is 5.50. The number of anilines is 1. The van der Waals surface area contributed by atoms with Gasteiger partial charge in [0.1, 0.15) is 5.69 Å². The third-order valence-corrected chi connectivity index (χ3v) is 4.51. The molecule has 0 unspecified atom stereocenters. The van der Waals surface area contributed by atoms with Gasteiger partial charge in [-0.3, -0.25) is 4.72 Å². The summed E-state index contributed by atoms with van der Waals surface area (Å²) in [5.74, 6) is 0.183. The van der Waals surface area contributed by atoms with Gasteiger partial charge in [-0.15, -0.1) is 0 Å². The van der Waals surface area contributed by atoms with Crippen LogP contribution in [0.2, 0.25) is 5.02 Å². The van der Waals surface area contributed by atoms with Crippen LogP contribution in [-0.4, -0.2) is 13.6 Å². The number of hydrogen-bond donors (Lipinski definition) is 1. The average molecular weight is 312 g/mol. The van der Waals surface area contributed by atoms with Crippen LogP contribution >= 0.6 is 11.6 Å². The van der Waals surface area contributed by atoms with Gasteiger partial charge in [-0.1, -0.05) is 16.8 Å². The molecule has 0 bridgehead atoms. The zero-order chi connectivity index (χ0) is 14.9. The largest absolute Gasteiger partial charge is 0.360 e. The minimum Gasteiger partial charge on any atom is -0.360 e. The summed E-state index contributed by atoms with van der Waals surface area (Å²) in [6.07, 6.45) is 0. The molecular weight excluding hydrogens is 302 g/mol. The Balaban J connectivity index is 2.47. The Hall–Kier alpha value is -2.04. The van der Waals surface area contributed by atoms with E-state index in [0.29, 0.717) is 5.56 Å². The first kappa shape index (κ1) is 14.4. The molecule has 0 saturated heterocycles. The van der Waals surface area contributed by atoms with Crippen LogP contribution in [0.3, 0.4) is 0 Å². The number of aryl methyl sites for hydroxylation is 2. The highest BCUT2D eigenvalue weighted by Crippen LogP contribution is 2.27. The first-order chi connectivity index (χ1) is 9.35. The van der Waals surface area contributed by atoms with E-state index in [1.165, 1.54) is 32.0 Å². The standard InChI is InChI=1S/C12H10ClN3O3S/c1-7-12(8(2)19-15-7)20(17,18)16-11-5-9(6-14)3-4-10(11)13/h3-5,16H,1-2H3. The lowest BCUT2D eigenvalue weighted by Crippen LogP contribution is -2.14. The predicted octanol–water partition coefficient (Wildman–Crippen LogP) is 2.62. The number of nitriles is 1. The van der Waals surface area contributed by atoms with Gasteiger partial charge in [-0.2, -0.15) is 5.26 Å². The zero-order valence-electron chi connectivity index (χ0n) is 10.6. The van der Waals surface area contributed by atoms with Crippen molar-refractivity contribution in [2.45, 2.75) is 18.7 Å². The molecule has 0 saturated carbocycles. The van der Waals surface area contributed by atoms with E-state index in [1.54, 1.807) is 0 Å². The molecule has 0 amide bonds. The monoisotopic (exact) mass is 311 g/mol. The summed E-state index contributed by atoms with van der Waals surface area (Å²) in [4.78, 5) is -0.0315. The molecule has 0 spiro atoms. The van der Waals surface area contributed by atoms with Crippen LogP contribution in [0.25, 0.3) is 0 Å². The van der Waals surface area contributed by atoms with Crippen LogP contribution in [-0.2, 0) is 10.0 Å². The molecule has 2 rings (SSSR count). The van der Waals surface area contributed by atoms with E-state index in [0.717, 1.165) is 0 Å². The second kappa shape index (κ2) is 5.15. The van der Waals surface area contributed by atoms with Gasteiger partial charge in [0.2, 0.25) is 0 Å². The van der Waals surface area contributed by atoms with Crippen LogP contribution in [0, 0.1) is 25.2 Å². The van der Waals surface area contributed by atoms with Gasteiger partial charge in [-0.05, 0) is 32.0 Å². The van der Waals surface area contributed by atoms with Gasteiger partial charge in [0.25, 0.3) is 10.0 Å². The molecule has 1 N–H and O–H groups in total. The van der Waals surface area contributed by atoms with Crippen LogP contribution in [0.15, 0.2) is 27.6 Å². The van der Waals surface area contributed by atoms with E-state index in [-0.39, 0.29) is 27.1 Å². The molecule has 0 aliphatic rings. The number of rotatable bonds is 3. The highest BCUT2D eigenvalue weighted by Gasteiger charge is 2.25. The summed E-state index contributed by atoms with van der Waals surface area (Å²) in [6.45, 7) is 3.03. The maximum Gasteiger partial charge on any atom is 0.267 e. The van der Waals surface area contributed by atoms with Crippen LogP contribution in [0.4, 0.5) is 5.69 Å². The lowest BCUT2D eigenvalue weighted by molar-refractivity contribution is 0.390. The van der Waals surface area contributed by atoms with Crippen LogP contribution < -0.4 is 4.72 Å². The number of halogens is 1. The van der Waals surface area contributed by atoms with Crippen molar-refractivity contribution < 1.29 is 12.9 Å². The minimum absolute atomic E-state index is 0.0315. The number of aromatic nitrogens is 1. The summed E-state index contributed by atoms with van der Waals surface area (Å²) < 4.78 is 31.8. The van der Waals surface area contributed by atoms with E-state index < -0.39 is 10.0 Å². The topological polar surface area (TPSA) is 96.0 Å². The van der Waals surface area contributed by atoms with Crippen molar-refractivity contribution in [3.05, 3.63) is 40.2 Å². The maximum absolute atomic E-state index is 12.3. The summed E-state index contributed by atoms with van der Waals surface area (Å²) >= 11 is 5.92. The summed E-state index contributed by atoms with van der Waals surface area (Å²) in [6, 6.07) is 6.22. The number of nitrogens with one attached hydrogen (secondary N) is 1. The lowest BCUT2D eigenvalue weighted by Gasteiger charge is -2.09. The van der Waals surface area contributed by atoms with Gasteiger partial charge in [0, 0.05) is 0 Å². The second-order valence-corrected chi connectivity index (χ2v) is 6.09. The number of hydrogen-bond acceptors (Lipinski definition) is 5. The molecule has 0 fully saturated rings. The van der Waals surface area contributed by atoms with Crippen molar-refractivity contribution in [3.63, 3.8) is 0 Å². The van der Waals surface area contributed by atoms with E-state index in [1.807, 2.05) is 6.07 Å². The SMILES string of the molecule is Cc1noc(C)c1S(=O)(=O)Nc1cc(C#N)ccc1Cl. The Morgan fingerprint density at radius 3 is 2.65 bits per heavy atom. The van der Waals surface area contributed by atoms with Crippen molar-refractivity contribution in [2.75, 3.05) is 4.72 Å². The quantitative estimate of drug-likeness (QED) is 0.940. The summed E-state index contributed by atoms with van der Waals surface area (Å²) in [5, 5.41) is 12.6. The Morgan fingerprint density at radius 2 is 2.10 bits per heavy atom. The van der Waals surface area contributed by atoms with E-state index in [4.69, 9.17) is 21.4 Å². The molecule has 104 valence electrons. The van der Waals surface area contributed by atoms with Crippen LogP contribution in [0.5, 0.6) is 0 Å². The predicted molar refractivity (Wildman–Crippen MR) is 73.0 cm³/mol. The highest BCUT2D eigenvalue weighted by atomic mass is 35.5. The molecule has 20 heavy (non-hydrogen) atoms. The van der Waals surface area contributed by atoms with Crippen molar-refractivity contribution in [3.8, 4) is 6.07 Å². The molecule has 1 heterocycles. The van der Waals surface area contributed by atoms with Crippen molar-refractivity contribution in [1.29, 1.82) is 5.26 Å². The van der Waals surface area contributed by atoms with E-state index in [9.17, 15) is 8.42 Å². The highest BCUT2D eigenvalue weighted by molar-refractivity contribution is 7.92. The van der Waals surface area contributed by atoms with Gasteiger partial charge >= 0.3 is 0 Å². The van der Waals surface area contributed by atoms with E-state index in [2.05, 4.69) is 9.88 Å². The molecule has 8 heteroatoms. The van der Waals surface area contributed by atoms with Gasteiger partial charge < -0.3 is 4.52 Å². The van der Waals surface area contributed by atoms with Crippen molar-refractivity contribution in [1.82, 2.24) is 5.16 Å². The molecule has 6 nitrogen and oxygen atoms in total. The van der Waals surface area contributed by atoms with Crippen molar-refractivity contribution in [2.24, 2.45) is 0 Å². The number of sulfonamides is 1. The molecule has 0 radical (unpaired) electrons. The molecule has 0 aliphatic carbocycles. The fourth-order valence-electron chi connectivity index (χ4n) is 1.73. The van der Waals surface area contributed by atoms with Crippen LogP contribution in [0.1, 0.15) is 17.0 Å². The molecule has 1 aromatic carbocycles. The van der Waals surface area contributed by atoms with Gasteiger partial charge in [0.15, 0.2) is 10.7 Å². The Bertz CT molecular complexity index is 786. The fourth-order valence-corrected chi connectivity index (χ4v) is 3.35. The normalized spacial score (nSPS) is 11.1. The minimum atomic E-state index is -3.88. The molecule has 1 aromatic heterocycles. The smallest absolute Gasteiger partial charge is 0.267 e. The third kappa shape index (κ3) is 2.61. The molecule has 2 aromatic rings. The number of benzene rings is 1. The third-order valence-electron chi connectivity index (χ3n) is 2.58. The summed E-state index contributed by atoms with van der Waals surface area (Å²) in [7, 11) is -3.88. The van der Waals surface area contributed by atoms with E-state index >= 15 is 0 Å². The van der Waals surface area contributed by atoms with Crippen molar-refractivity contribution >= 4 is 27.3 Å². The molecular formula is C12H10ClN3O3S. The Labute approximate surface area is 121 Å². The lowest BCUT2D eigenvalue weighted by atomic mass is 10.2. The zero-order valence-corrected chi connectivity index (χ0v) is 12.2. The Morgan fingerprint density at radius 1 is 1.40 bits per heavy atom. The molecule has 0 aliphatic heterocycles. The second-order valence-electron chi connectivity index (χ2n) is 4.07. The Kier molecular flexibility index (Phi) is 3.70. The average Bonchev–Trinajstić information content (AvgIpc) is 2.72. The summed E-state index contributed by atoms with van der Waals surface area (Å²) in [5.41, 5.74) is 0.680. The first-order valence-corrected chi connectivity index (χ1v) is 7.36. The maximum atomic E-state index is 12.3. The van der Waals surface area contributed by atoms with Gasteiger partial charge in [-0.25, -0.2) is 8.42 Å². The van der Waals surface area contributed by atoms with Gasteiger partial charge in [0.05, 0.1) is 22.3 Å². The molecule has 0 atom stereocenters. The number of nitrogens with zero attached hydrogens (tertiary/aromatic N) is 2. The fraction of sp³-hybridized carbons (Fsp3) is 0.167.